The lowest BCUT2D eigenvalue weighted by atomic mass is 10.2. The summed E-state index contributed by atoms with van der Waals surface area (Å²) in [5.74, 6) is -0.464. The van der Waals surface area contributed by atoms with Crippen LogP contribution in [0.3, 0.4) is 0 Å². The molecule has 0 aliphatic heterocycles. The van der Waals surface area contributed by atoms with Crippen molar-refractivity contribution in [3.8, 4) is 0 Å². The molecule has 3 rings (SSSR count). The molecule has 0 aliphatic carbocycles. The number of hydrazone groups is 1. The number of rotatable bonds is 4. The van der Waals surface area contributed by atoms with Gasteiger partial charge in [-0.2, -0.15) is 5.10 Å². The van der Waals surface area contributed by atoms with Crippen molar-refractivity contribution in [3.05, 3.63) is 74.8 Å². The normalized spacial score (nSPS) is 11.1. The minimum atomic E-state index is -0.464. The lowest BCUT2D eigenvalue weighted by molar-refractivity contribution is -0.121. The van der Waals surface area contributed by atoms with Crippen LogP contribution in [0.4, 0.5) is 0 Å². The van der Waals surface area contributed by atoms with E-state index in [1.54, 1.807) is 42.5 Å². The van der Waals surface area contributed by atoms with Gasteiger partial charge in [-0.1, -0.05) is 47.5 Å². The first-order valence-corrected chi connectivity index (χ1v) is 8.02. The average Bonchev–Trinajstić information content (AvgIpc) is 2.61. The molecule has 0 radical (unpaired) electrons. The highest BCUT2D eigenvalue weighted by Crippen LogP contribution is 2.24. The number of fused-ring (bicyclic) bond motifs is 1. The summed E-state index contributed by atoms with van der Waals surface area (Å²) < 4.78 is 1.22. The molecular weight excluding hydrogens is 363 g/mol. The van der Waals surface area contributed by atoms with E-state index in [1.807, 2.05) is 0 Å². The first kappa shape index (κ1) is 17.1. The molecule has 0 atom stereocenters. The van der Waals surface area contributed by atoms with Crippen LogP contribution in [0.1, 0.15) is 5.56 Å². The van der Waals surface area contributed by atoms with E-state index in [1.165, 1.54) is 17.1 Å². The maximum absolute atomic E-state index is 12.3. The average molecular weight is 375 g/mol. The van der Waals surface area contributed by atoms with E-state index < -0.39 is 5.91 Å². The van der Waals surface area contributed by atoms with Crippen LogP contribution in [-0.4, -0.2) is 21.7 Å². The van der Waals surface area contributed by atoms with Gasteiger partial charge in [0, 0.05) is 5.56 Å². The largest absolute Gasteiger partial charge is 0.289 e. The molecule has 126 valence electrons. The lowest BCUT2D eigenvalue weighted by Crippen LogP contribution is -2.30. The fourth-order valence-corrected chi connectivity index (χ4v) is 2.56. The molecule has 8 heteroatoms. The van der Waals surface area contributed by atoms with Gasteiger partial charge in [0.1, 0.15) is 6.54 Å². The zero-order valence-electron chi connectivity index (χ0n) is 12.8. The third-order valence-corrected chi connectivity index (χ3v) is 4.25. The summed E-state index contributed by atoms with van der Waals surface area (Å²) in [6.45, 7) is -0.197. The monoisotopic (exact) mass is 374 g/mol. The number of hydrogen-bond donors (Lipinski definition) is 1. The number of aromatic nitrogens is 2. The number of halogens is 2. The predicted molar refractivity (Wildman–Crippen MR) is 98.2 cm³/mol. The van der Waals surface area contributed by atoms with Crippen molar-refractivity contribution in [2.45, 2.75) is 6.54 Å². The molecule has 2 aromatic carbocycles. The predicted octanol–water partition coefficient (Wildman–Crippen LogP) is 2.85. The maximum Gasteiger partial charge on any atom is 0.261 e. The van der Waals surface area contributed by atoms with Crippen molar-refractivity contribution < 1.29 is 4.79 Å². The molecule has 0 aliphatic rings. The number of para-hydroxylation sites is 1. The minimum absolute atomic E-state index is 0.197. The highest BCUT2D eigenvalue weighted by atomic mass is 35.5. The molecular formula is C17H12Cl2N4O2. The van der Waals surface area contributed by atoms with Gasteiger partial charge in [0.15, 0.2) is 0 Å². The zero-order chi connectivity index (χ0) is 17.8. The van der Waals surface area contributed by atoms with Crippen molar-refractivity contribution in [2.24, 2.45) is 5.10 Å². The van der Waals surface area contributed by atoms with Gasteiger partial charge in [0.05, 0.1) is 33.5 Å². The van der Waals surface area contributed by atoms with Gasteiger partial charge in [-0.25, -0.2) is 10.4 Å². The maximum atomic E-state index is 12.3. The molecule has 0 unspecified atom stereocenters. The quantitative estimate of drug-likeness (QED) is 0.563. The van der Waals surface area contributed by atoms with Crippen molar-refractivity contribution in [1.82, 2.24) is 15.0 Å². The van der Waals surface area contributed by atoms with Gasteiger partial charge in [0.25, 0.3) is 11.5 Å². The second-order valence-corrected chi connectivity index (χ2v) is 5.92. The highest BCUT2D eigenvalue weighted by molar-refractivity contribution is 6.43. The summed E-state index contributed by atoms with van der Waals surface area (Å²) >= 11 is 11.9. The van der Waals surface area contributed by atoms with Crippen LogP contribution in [0.15, 0.2) is 58.7 Å². The van der Waals surface area contributed by atoms with Crippen molar-refractivity contribution in [3.63, 3.8) is 0 Å². The summed E-state index contributed by atoms with van der Waals surface area (Å²) in [6.07, 6.45) is 2.72. The first-order chi connectivity index (χ1) is 12.1. The molecule has 3 aromatic rings. The number of hydrogen-bond acceptors (Lipinski definition) is 4. The zero-order valence-corrected chi connectivity index (χ0v) is 14.3. The van der Waals surface area contributed by atoms with Crippen LogP contribution < -0.4 is 11.0 Å². The standard InChI is InChI=1S/C17H12Cl2N4O2/c18-13-6-3-4-11(16(13)19)8-21-22-15(24)9-23-10-20-14-7-2-1-5-12(14)17(23)25/h1-8,10H,9H2,(H,22,24)/b21-8+. The molecule has 0 fully saturated rings. The topological polar surface area (TPSA) is 76.3 Å². The number of nitrogens with zero attached hydrogens (tertiary/aromatic N) is 3. The fraction of sp³-hybridized carbons (Fsp3) is 0.0588. The third-order valence-electron chi connectivity index (χ3n) is 3.42. The molecule has 0 spiro atoms. The van der Waals surface area contributed by atoms with E-state index in [4.69, 9.17) is 23.2 Å². The molecule has 25 heavy (non-hydrogen) atoms. The summed E-state index contributed by atoms with van der Waals surface area (Å²) in [5.41, 5.74) is 3.20. The summed E-state index contributed by atoms with van der Waals surface area (Å²) in [4.78, 5) is 28.4. The van der Waals surface area contributed by atoms with Crippen molar-refractivity contribution in [1.29, 1.82) is 0 Å². The molecule has 0 saturated carbocycles. The summed E-state index contributed by atoms with van der Waals surface area (Å²) in [6, 6.07) is 12.0. The van der Waals surface area contributed by atoms with Gasteiger partial charge in [-0.05, 0) is 18.2 Å². The van der Waals surface area contributed by atoms with Gasteiger partial charge in [0.2, 0.25) is 0 Å². The lowest BCUT2D eigenvalue weighted by Gasteiger charge is -2.05. The third kappa shape index (κ3) is 3.87. The molecule has 1 aromatic heterocycles. The number of nitrogens with one attached hydrogen (secondary N) is 1. The van der Waals surface area contributed by atoms with Gasteiger partial charge in [-0.3, -0.25) is 14.2 Å². The smallest absolute Gasteiger partial charge is 0.261 e. The Balaban J connectivity index is 1.71. The summed E-state index contributed by atoms with van der Waals surface area (Å²) in [5, 5.41) is 5.02. The Morgan fingerprint density at radius 2 is 2.00 bits per heavy atom. The van der Waals surface area contributed by atoms with Gasteiger partial charge in [-0.15, -0.1) is 0 Å². The molecule has 0 bridgehead atoms. The van der Waals surface area contributed by atoms with Crippen molar-refractivity contribution >= 4 is 46.2 Å². The van der Waals surface area contributed by atoms with Crippen LogP contribution >= 0.6 is 23.2 Å². The molecule has 1 heterocycles. The van der Waals surface area contributed by atoms with E-state index in [2.05, 4.69) is 15.5 Å². The Kier molecular flexibility index (Phi) is 5.11. The Morgan fingerprint density at radius 3 is 2.84 bits per heavy atom. The Hall–Kier alpha value is -2.70. The number of benzene rings is 2. The molecule has 0 saturated heterocycles. The fourth-order valence-electron chi connectivity index (χ4n) is 2.20. The summed E-state index contributed by atoms with van der Waals surface area (Å²) in [7, 11) is 0. The van der Waals surface area contributed by atoms with Crippen LogP contribution in [0.2, 0.25) is 10.0 Å². The molecule has 1 N–H and O–H groups in total. The number of carbonyl (C=O) groups excluding carboxylic acids is 1. The second-order valence-electron chi connectivity index (χ2n) is 5.13. The van der Waals surface area contributed by atoms with E-state index in [0.29, 0.717) is 26.5 Å². The SMILES string of the molecule is O=C(Cn1cnc2ccccc2c1=O)N/N=C/c1cccc(Cl)c1Cl. The number of amides is 1. The highest BCUT2D eigenvalue weighted by Gasteiger charge is 2.07. The van der Waals surface area contributed by atoms with Crippen LogP contribution in [0.25, 0.3) is 10.9 Å². The van der Waals surface area contributed by atoms with Crippen LogP contribution in [-0.2, 0) is 11.3 Å². The van der Waals surface area contributed by atoms with Crippen molar-refractivity contribution in [2.75, 3.05) is 0 Å². The van der Waals surface area contributed by atoms with Crippen LogP contribution in [0, 0.1) is 0 Å². The van der Waals surface area contributed by atoms with E-state index in [9.17, 15) is 9.59 Å². The second kappa shape index (κ2) is 7.46. The van der Waals surface area contributed by atoms with Gasteiger partial charge >= 0.3 is 0 Å². The van der Waals surface area contributed by atoms with Gasteiger partial charge < -0.3 is 0 Å². The minimum Gasteiger partial charge on any atom is -0.289 e. The number of carbonyl (C=O) groups is 1. The Labute approximate surface area is 152 Å². The molecule has 6 nitrogen and oxygen atoms in total. The van der Waals surface area contributed by atoms with E-state index in [0.717, 1.165) is 0 Å². The first-order valence-electron chi connectivity index (χ1n) is 7.26. The molecule has 1 amide bonds. The Morgan fingerprint density at radius 1 is 1.20 bits per heavy atom. The van der Waals surface area contributed by atoms with Crippen LogP contribution in [0.5, 0.6) is 0 Å². The Bertz CT molecular complexity index is 1030. The van der Waals surface area contributed by atoms with E-state index >= 15 is 0 Å². The van der Waals surface area contributed by atoms with E-state index in [-0.39, 0.29) is 12.1 Å².